The number of carbonyl (C=O) groups excluding carboxylic acids is 5. The average Bonchev–Trinajstić information content (AvgIpc) is 2.92. The molecule has 40 heavy (non-hydrogen) atoms. The molecule has 0 bridgehead atoms. The monoisotopic (exact) mass is 551 g/mol. The fraction of sp³-hybridized carbons (Fsp3) is 0.433. The van der Waals surface area contributed by atoms with E-state index in [9.17, 15) is 24.0 Å². The number of hydrogen-bond donors (Lipinski definition) is 5. The number of benzene rings is 2. The van der Waals surface area contributed by atoms with Crippen molar-refractivity contribution in [3.63, 3.8) is 0 Å². The number of unbranched alkanes of at least 4 members (excludes halogenated alkanes) is 1. The van der Waals surface area contributed by atoms with Crippen molar-refractivity contribution in [2.45, 2.75) is 69.9 Å². The highest BCUT2D eigenvalue weighted by atomic mass is 16.2. The van der Waals surface area contributed by atoms with E-state index in [2.05, 4.69) is 10.6 Å². The van der Waals surface area contributed by atoms with Crippen LogP contribution < -0.4 is 27.8 Å². The van der Waals surface area contributed by atoms with Gasteiger partial charge >= 0.3 is 0 Å². The summed E-state index contributed by atoms with van der Waals surface area (Å²) < 4.78 is 0. The predicted octanol–water partition coefficient (Wildman–Crippen LogP) is 1.29. The maximum Gasteiger partial charge on any atom is 0.240 e. The Morgan fingerprint density at radius 1 is 0.725 bits per heavy atom. The summed E-state index contributed by atoms with van der Waals surface area (Å²) in [7, 11) is 0. The first-order chi connectivity index (χ1) is 19.2. The highest BCUT2D eigenvalue weighted by molar-refractivity contribution is 5.95. The van der Waals surface area contributed by atoms with Gasteiger partial charge in [0, 0.05) is 18.8 Å². The van der Waals surface area contributed by atoms with Crippen LogP contribution in [0.3, 0.4) is 0 Å². The van der Waals surface area contributed by atoms with E-state index in [1.807, 2.05) is 60.7 Å². The van der Waals surface area contributed by atoms with E-state index in [0.29, 0.717) is 32.2 Å². The number of primary amides is 2. The highest BCUT2D eigenvalue weighted by Crippen LogP contribution is 2.17. The third kappa shape index (κ3) is 12.2. The fourth-order valence-corrected chi connectivity index (χ4v) is 4.42. The molecule has 0 fully saturated rings. The van der Waals surface area contributed by atoms with Crippen molar-refractivity contribution in [1.29, 1.82) is 0 Å². The van der Waals surface area contributed by atoms with E-state index in [1.165, 1.54) is 0 Å². The molecule has 0 saturated carbocycles. The molecule has 0 saturated heterocycles. The van der Waals surface area contributed by atoms with Crippen LogP contribution in [0.2, 0.25) is 0 Å². The molecule has 3 atom stereocenters. The average molecular weight is 552 g/mol. The molecular formula is C30H41N5O5. The third-order valence-corrected chi connectivity index (χ3v) is 6.61. The maximum absolute atomic E-state index is 13.5. The van der Waals surface area contributed by atoms with Crippen molar-refractivity contribution in [2.75, 3.05) is 6.54 Å². The fourth-order valence-electron chi connectivity index (χ4n) is 4.42. The van der Waals surface area contributed by atoms with Crippen LogP contribution in [0.4, 0.5) is 0 Å². The summed E-state index contributed by atoms with van der Waals surface area (Å²) >= 11 is 0. The molecule has 0 heterocycles. The molecule has 0 aromatic heterocycles. The number of rotatable bonds is 19. The molecule has 0 aliphatic heterocycles. The largest absolute Gasteiger partial charge is 0.370 e. The van der Waals surface area contributed by atoms with Crippen molar-refractivity contribution < 1.29 is 24.0 Å². The van der Waals surface area contributed by atoms with Gasteiger partial charge < -0.3 is 27.8 Å². The van der Waals surface area contributed by atoms with Crippen LogP contribution >= 0.6 is 0 Å². The molecule has 2 aromatic carbocycles. The topological polar surface area (TPSA) is 187 Å². The first-order valence-electron chi connectivity index (χ1n) is 13.7. The number of hydrogen-bond acceptors (Lipinski definition) is 6. The smallest absolute Gasteiger partial charge is 0.240 e. The minimum Gasteiger partial charge on any atom is -0.370 e. The van der Waals surface area contributed by atoms with Gasteiger partial charge in [0.15, 0.2) is 5.78 Å². The number of nitrogens with one attached hydrogen (secondary N) is 2. The Morgan fingerprint density at radius 3 is 1.93 bits per heavy atom. The lowest BCUT2D eigenvalue weighted by Gasteiger charge is -2.23. The van der Waals surface area contributed by atoms with E-state index >= 15 is 0 Å². The van der Waals surface area contributed by atoms with E-state index < -0.39 is 42.1 Å². The molecule has 10 heteroatoms. The minimum absolute atomic E-state index is 0.166. The predicted molar refractivity (Wildman–Crippen MR) is 152 cm³/mol. The molecule has 0 spiro atoms. The zero-order valence-electron chi connectivity index (χ0n) is 22.8. The van der Waals surface area contributed by atoms with Gasteiger partial charge in [-0.3, -0.25) is 24.0 Å². The lowest BCUT2D eigenvalue weighted by atomic mass is 9.90. The summed E-state index contributed by atoms with van der Waals surface area (Å²) in [5.74, 6) is -3.63. The quantitative estimate of drug-likeness (QED) is 0.164. The van der Waals surface area contributed by atoms with Gasteiger partial charge in [-0.05, 0) is 49.8 Å². The Balaban J connectivity index is 2.12. The van der Waals surface area contributed by atoms with Crippen LogP contribution in [0.5, 0.6) is 0 Å². The summed E-state index contributed by atoms with van der Waals surface area (Å²) in [5.41, 5.74) is 18.1. The van der Waals surface area contributed by atoms with Crippen LogP contribution in [-0.2, 0) is 36.8 Å². The SMILES string of the molecule is NCCCC[C@H](CC(=O)[C@H](Cc1ccccc1)NC(=O)CCCc1ccccc1)C(=O)N[C@@H](CC(N)=O)C(N)=O. The molecule has 0 aliphatic carbocycles. The van der Waals surface area contributed by atoms with Crippen molar-refractivity contribution in [3.05, 3.63) is 71.8 Å². The molecule has 2 rings (SSSR count). The van der Waals surface area contributed by atoms with Gasteiger partial charge in [-0.2, -0.15) is 0 Å². The summed E-state index contributed by atoms with van der Waals surface area (Å²) in [5, 5.41) is 5.34. The van der Waals surface area contributed by atoms with Gasteiger partial charge in [-0.15, -0.1) is 0 Å². The van der Waals surface area contributed by atoms with E-state index in [0.717, 1.165) is 17.5 Å². The van der Waals surface area contributed by atoms with Crippen LogP contribution in [0.15, 0.2) is 60.7 Å². The zero-order valence-corrected chi connectivity index (χ0v) is 22.8. The third-order valence-electron chi connectivity index (χ3n) is 6.61. The number of carbonyl (C=O) groups is 5. The molecule has 0 unspecified atom stereocenters. The Hall–Kier alpha value is -4.05. The second-order valence-corrected chi connectivity index (χ2v) is 9.93. The first kappa shape index (κ1) is 32.2. The molecule has 2 aromatic rings. The van der Waals surface area contributed by atoms with Crippen molar-refractivity contribution in [2.24, 2.45) is 23.1 Å². The zero-order chi connectivity index (χ0) is 29.3. The molecule has 216 valence electrons. The Labute approximate surface area is 235 Å². The van der Waals surface area contributed by atoms with Crippen molar-refractivity contribution >= 4 is 29.4 Å². The number of nitrogens with two attached hydrogens (primary N) is 3. The van der Waals surface area contributed by atoms with Gasteiger partial charge in [-0.25, -0.2) is 0 Å². The number of aryl methyl sites for hydroxylation is 1. The number of Topliss-reactive ketones (excluding diaryl/α,β-unsaturated/α-hetero) is 1. The van der Waals surface area contributed by atoms with Gasteiger partial charge in [0.05, 0.1) is 12.5 Å². The second kappa shape index (κ2) is 17.5. The summed E-state index contributed by atoms with van der Waals surface area (Å²) in [6.07, 6.45) is 2.83. The summed E-state index contributed by atoms with van der Waals surface area (Å²) in [4.78, 5) is 62.6. The van der Waals surface area contributed by atoms with Gasteiger partial charge in [0.2, 0.25) is 23.6 Å². The Kier molecular flexibility index (Phi) is 14.1. The van der Waals surface area contributed by atoms with Crippen LogP contribution in [0, 0.1) is 5.92 Å². The number of amides is 4. The summed E-state index contributed by atoms with van der Waals surface area (Å²) in [6.45, 7) is 0.420. The molecule has 4 amide bonds. The number of ketones is 1. The van der Waals surface area contributed by atoms with Crippen LogP contribution in [0.25, 0.3) is 0 Å². The van der Waals surface area contributed by atoms with E-state index in [-0.39, 0.29) is 31.0 Å². The minimum atomic E-state index is -1.28. The van der Waals surface area contributed by atoms with Crippen molar-refractivity contribution in [1.82, 2.24) is 10.6 Å². The normalized spacial score (nSPS) is 13.0. The molecule has 8 N–H and O–H groups in total. The first-order valence-corrected chi connectivity index (χ1v) is 13.7. The standard InChI is InChI=1S/C30H41N5O5/c31-17-8-7-15-23(30(40)35-25(29(33)39)20-27(32)37)19-26(36)24(18-22-12-5-2-6-13-22)34-28(38)16-9-14-21-10-3-1-4-11-21/h1-6,10-13,23-25H,7-9,14-20,31H2,(H2,32,37)(H2,33,39)(H,34,38)(H,35,40)/t23-,24+,25+/m1/s1. The highest BCUT2D eigenvalue weighted by Gasteiger charge is 2.30. The van der Waals surface area contributed by atoms with Crippen molar-refractivity contribution in [3.8, 4) is 0 Å². The van der Waals surface area contributed by atoms with E-state index in [1.54, 1.807) is 0 Å². The van der Waals surface area contributed by atoms with Crippen LogP contribution in [-0.4, -0.2) is 48.0 Å². The lowest BCUT2D eigenvalue weighted by molar-refractivity contribution is -0.134. The lowest BCUT2D eigenvalue weighted by Crippen LogP contribution is -2.49. The summed E-state index contributed by atoms with van der Waals surface area (Å²) in [6, 6.07) is 17.0. The van der Waals surface area contributed by atoms with Gasteiger partial charge in [0.25, 0.3) is 0 Å². The molecule has 10 nitrogen and oxygen atoms in total. The van der Waals surface area contributed by atoms with Gasteiger partial charge in [0.1, 0.15) is 6.04 Å². The van der Waals surface area contributed by atoms with Gasteiger partial charge in [-0.1, -0.05) is 67.1 Å². The second-order valence-electron chi connectivity index (χ2n) is 9.93. The van der Waals surface area contributed by atoms with Crippen LogP contribution in [0.1, 0.15) is 56.1 Å². The Morgan fingerprint density at radius 2 is 1.35 bits per heavy atom. The maximum atomic E-state index is 13.5. The molecule has 0 aliphatic rings. The molecular weight excluding hydrogens is 510 g/mol. The Bertz CT molecular complexity index is 1110. The molecule has 0 radical (unpaired) electrons. The van der Waals surface area contributed by atoms with E-state index in [4.69, 9.17) is 17.2 Å².